The lowest BCUT2D eigenvalue weighted by Crippen LogP contribution is -2.24. The Bertz CT molecular complexity index is 1230. The van der Waals surface area contributed by atoms with E-state index in [9.17, 15) is 19.2 Å². The molecule has 0 aliphatic carbocycles. The summed E-state index contributed by atoms with van der Waals surface area (Å²) in [5.41, 5.74) is 7.34. The zero-order valence-corrected chi connectivity index (χ0v) is 18.3. The van der Waals surface area contributed by atoms with Crippen LogP contribution in [0.3, 0.4) is 0 Å². The number of rotatable bonds is 7. The molecule has 3 aromatic rings. The Labute approximate surface area is 191 Å². The number of thioether (sulfide) groups is 1. The highest BCUT2D eigenvalue weighted by molar-refractivity contribution is 8.01. The van der Waals surface area contributed by atoms with Gasteiger partial charge in [-0.25, -0.2) is 4.98 Å². The van der Waals surface area contributed by atoms with Crippen LogP contribution in [0.15, 0.2) is 46.8 Å². The summed E-state index contributed by atoms with van der Waals surface area (Å²) in [6.07, 6.45) is 0.196. The van der Waals surface area contributed by atoms with Gasteiger partial charge in [-0.05, 0) is 30.3 Å². The van der Waals surface area contributed by atoms with Crippen LogP contribution in [0.4, 0.5) is 11.4 Å². The van der Waals surface area contributed by atoms with E-state index < -0.39 is 5.91 Å². The summed E-state index contributed by atoms with van der Waals surface area (Å²) in [7, 11) is 0. The largest absolute Gasteiger partial charge is 0.366 e. The second-order valence-electron chi connectivity index (χ2n) is 7.10. The molecule has 5 N–H and O–H groups in total. The van der Waals surface area contributed by atoms with E-state index in [1.54, 1.807) is 36.4 Å². The third-order valence-corrected chi connectivity index (χ3v) is 6.94. The first-order chi connectivity index (χ1) is 15.4. The van der Waals surface area contributed by atoms with Crippen molar-refractivity contribution in [2.45, 2.75) is 10.8 Å². The average molecular weight is 470 g/mol. The molecule has 4 rings (SSSR count). The number of carbonyl (C=O) groups is 4. The minimum Gasteiger partial charge on any atom is -0.366 e. The highest BCUT2D eigenvalue weighted by atomic mass is 32.2. The lowest BCUT2D eigenvalue weighted by molar-refractivity contribution is -0.123. The molecule has 4 amide bonds. The van der Waals surface area contributed by atoms with Crippen molar-refractivity contribution in [2.24, 2.45) is 11.7 Å². The maximum absolute atomic E-state index is 12.3. The molecule has 1 fully saturated rings. The van der Waals surface area contributed by atoms with Gasteiger partial charge in [0.1, 0.15) is 0 Å². The molecule has 0 saturated carbocycles. The van der Waals surface area contributed by atoms with Gasteiger partial charge in [-0.1, -0.05) is 23.9 Å². The molecule has 2 heterocycles. The van der Waals surface area contributed by atoms with E-state index in [4.69, 9.17) is 5.73 Å². The molecule has 32 heavy (non-hydrogen) atoms. The van der Waals surface area contributed by atoms with E-state index in [-0.39, 0.29) is 41.4 Å². The Morgan fingerprint density at radius 3 is 2.75 bits per heavy atom. The number of hydrogen-bond donors (Lipinski definition) is 4. The van der Waals surface area contributed by atoms with Gasteiger partial charge in [-0.3, -0.25) is 19.2 Å². The molecule has 0 bridgehead atoms. The van der Waals surface area contributed by atoms with E-state index in [1.807, 2.05) is 6.07 Å². The average Bonchev–Trinajstić information content (AvgIpc) is 3.38. The first-order valence-electron chi connectivity index (χ1n) is 9.68. The van der Waals surface area contributed by atoms with Crippen LogP contribution in [0.5, 0.6) is 0 Å². The summed E-state index contributed by atoms with van der Waals surface area (Å²) < 4.78 is 1.57. The van der Waals surface area contributed by atoms with Crippen molar-refractivity contribution in [2.75, 3.05) is 22.9 Å². The van der Waals surface area contributed by atoms with Crippen molar-refractivity contribution >= 4 is 68.3 Å². The summed E-state index contributed by atoms with van der Waals surface area (Å²) in [6, 6.07) is 11.9. The fraction of sp³-hybridized carbons (Fsp3) is 0.190. The van der Waals surface area contributed by atoms with E-state index >= 15 is 0 Å². The number of nitrogens with zero attached hydrogens (tertiary/aromatic N) is 1. The van der Waals surface area contributed by atoms with E-state index in [0.717, 1.165) is 10.2 Å². The summed E-state index contributed by atoms with van der Waals surface area (Å²) in [6.45, 7) is 0.347. The smallest absolute Gasteiger partial charge is 0.250 e. The van der Waals surface area contributed by atoms with Crippen LogP contribution in [0, 0.1) is 5.92 Å². The zero-order chi connectivity index (χ0) is 22.7. The van der Waals surface area contributed by atoms with Gasteiger partial charge in [0, 0.05) is 18.7 Å². The summed E-state index contributed by atoms with van der Waals surface area (Å²) in [5, 5.41) is 8.18. The molecule has 1 saturated heterocycles. The number of aromatic nitrogens is 1. The van der Waals surface area contributed by atoms with Crippen LogP contribution >= 0.6 is 23.1 Å². The van der Waals surface area contributed by atoms with Crippen LogP contribution in [0.25, 0.3) is 10.2 Å². The topological polar surface area (TPSA) is 143 Å². The quantitative estimate of drug-likeness (QED) is 0.391. The number of thiazole rings is 1. The van der Waals surface area contributed by atoms with Gasteiger partial charge < -0.3 is 21.7 Å². The molecule has 9 nitrogen and oxygen atoms in total. The number of amides is 4. The fourth-order valence-corrected chi connectivity index (χ4v) is 5.11. The fourth-order valence-electron chi connectivity index (χ4n) is 3.20. The van der Waals surface area contributed by atoms with Crippen molar-refractivity contribution in [1.82, 2.24) is 10.3 Å². The number of fused-ring (bicyclic) bond motifs is 1. The number of anilines is 2. The molecule has 11 heteroatoms. The van der Waals surface area contributed by atoms with Crippen molar-refractivity contribution in [3.63, 3.8) is 0 Å². The highest BCUT2D eigenvalue weighted by Crippen LogP contribution is 2.31. The summed E-state index contributed by atoms with van der Waals surface area (Å²) in [5.74, 6) is -1.47. The number of nitrogens with two attached hydrogens (primary N) is 1. The van der Waals surface area contributed by atoms with E-state index in [2.05, 4.69) is 20.9 Å². The van der Waals surface area contributed by atoms with Gasteiger partial charge >= 0.3 is 0 Å². The van der Waals surface area contributed by atoms with Gasteiger partial charge in [0.15, 0.2) is 4.34 Å². The van der Waals surface area contributed by atoms with Gasteiger partial charge in [0.25, 0.3) is 5.91 Å². The number of nitrogens with one attached hydrogen (secondary N) is 3. The predicted octanol–water partition coefficient (Wildman–Crippen LogP) is 2.20. The maximum atomic E-state index is 12.3. The number of hydrogen-bond acceptors (Lipinski definition) is 7. The second-order valence-corrected chi connectivity index (χ2v) is 9.36. The van der Waals surface area contributed by atoms with Crippen molar-refractivity contribution in [3.8, 4) is 0 Å². The zero-order valence-electron chi connectivity index (χ0n) is 16.7. The van der Waals surface area contributed by atoms with Crippen molar-refractivity contribution < 1.29 is 19.2 Å². The molecule has 1 unspecified atom stereocenters. The third kappa shape index (κ3) is 5.06. The van der Waals surface area contributed by atoms with Crippen LogP contribution in [-0.2, 0) is 14.4 Å². The minimum absolute atomic E-state index is 0.110. The van der Waals surface area contributed by atoms with Crippen LogP contribution in [0.2, 0.25) is 0 Å². The highest BCUT2D eigenvalue weighted by Gasteiger charge is 2.28. The second kappa shape index (κ2) is 9.37. The van der Waals surface area contributed by atoms with Gasteiger partial charge in [-0.2, -0.15) is 0 Å². The number of primary amides is 1. The first kappa shape index (κ1) is 21.8. The van der Waals surface area contributed by atoms with Crippen LogP contribution < -0.4 is 21.7 Å². The molecule has 1 aliphatic rings. The minimum atomic E-state index is -0.613. The third-order valence-electron chi connectivity index (χ3n) is 4.78. The van der Waals surface area contributed by atoms with Gasteiger partial charge in [0.2, 0.25) is 17.7 Å². The Morgan fingerprint density at radius 2 is 2.00 bits per heavy atom. The first-order valence-corrected chi connectivity index (χ1v) is 11.5. The number of benzene rings is 2. The van der Waals surface area contributed by atoms with Gasteiger partial charge in [0.05, 0.1) is 33.1 Å². The molecular formula is C21H19N5O4S2. The van der Waals surface area contributed by atoms with Crippen LogP contribution in [0.1, 0.15) is 16.8 Å². The standard InChI is InChI=1S/C21H19N5O4S2/c22-19(29)13-3-1-2-4-14(13)25-18(28)10-31-21-26-15-6-5-12(8-16(15)32-21)24-20(30)11-7-17(27)23-9-11/h1-6,8,11H,7,9-10H2,(H2,22,29)(H,23,27)(H,24,30)(H,25,28). The van der Waals surface area contributed by atoms with Crippen LogP contribution in [-0.4, -0.2) is 40.9 Å². The molecule has 0 spiro atoms. The normalized spacial score (nSPS) is 15.4. The predicted molar refractivity (Wildman–Crippen MR) is 124 cm³/mol. The maximum Gasteiger partial charge on any atom is 0.250 e. The molecule has 1 aliphatic heterocycles. The summed E-state index contributed by atoms with van der Waals surface area (Å²) >= 11 is 2.68. The molecule has 164 valence electrons. The summed E-state index contributed by atoms with van der Waals surface area (Å²) in [4.78, 5) is 51.9. The molecular weight excluding hydrogens is 450 g/mol. The number of carbonyl (C=O) groups excluding carboxylic acids is 4. The Balaban J connectivity index is 1.37. The lowest BCUT2D eigenvalue weighted by atomic mass is 10.1. The van der Waals surface area contributed by atoms with E-state index in [0.29, 0.717) is 22.3 Å². The van der Waals surface area contributed by atoms with E-state index in [1.165, 1.54) is 23.1 Å². The van der Waals surface area contributed by atoms with Gasteiger partial charge in [-0.15, -0.1) is 11.3 Å². The SMILES string of the molecule is NC(=O)c1ccccc1NC(=O)CSc1nc2ccc(NC(=O)C3CNC(=O)C3)cc2s1. The Morgan fingerprint density at radius 1 is 1.19 bits per heavy atom. The molecule has 1 aromatic heterocycles. The lowest BCUT2D eigenvalue weighted by Gasteiger charge is -2.08. The monoisotopic (exact) mass is 469 g/mol. The van der Waals surface area contributed by atoms with Crippen molar-refractivity contribution in [1.29, 1.82) is 0 Å². The Kier molecular flexibility index (Phi) is 6.37. The molecule has 0 radical (unpaired) electrons. The number of para-hydroxylation sites is 1. The molecule has 2 aromatic carbocycles. The van der Waals surface area contributed by atoms with Crippen molar-refractivity contribution in [3.05, 3.63) is 48.0 Å². The Hall–Kier alpha value is -3.44. The molecule has 1 atom stereocenters.